The zero-order valence-corrected chi connectivity index (χ0v) is 21.4. The van der Waals surface area contributed by atoms with E-state index in [9.17, 15) is 9.59 Å². The summed E-state index contributed by atoms with van der Waals surface area (Å²) in [6.45, 7) is 6.48. The molecule has 3 heterocycles. The molecular weight excluding hydrogens is 462 g/mol. The topological polar surface area (TPSA) is 63.7 Å². The Balaban J connectivity index is 1.59. The number of para-hydroxylation sites is 2. The van der Waals surface area contributed by atoms with Crippen LogP contribution < -0.4 is 0 Å². The molecule has 0 radical (unpaired) electrons. The minimum atomic E-state index is -0.219. The molecule has 0 spiro atoms. The molecule has 0 saturated carbocycles. The van der Waals surface area contributed by atoms with Gasteiger partial charge in [0, 0.05) is 28.4 Å². The van der Waals surface area contributed by atoms with E-state index in [1.54, 1.807) is 0 Å². The van der Waals surface area contributed by atoms with Gasteiger partial charge in [-0.05, 0) is 55.7 Å². The number of carbonyl (C=O) groups excluding carboxylic acids is 2. The van der Waals surface area contributed by atoms with Crippen LogP contribution in [-0.4, -0.2) is 23.3 Å². The first-order valence-corrected chi connectivity index (χ1v) is 13.0. The predicted molar refractivity (Wildman–Crippen MR) is 146 cm³/mol. The molecule has 6 rings (SSSR count). The molecule has 0 fully saturated rings. The number of imide groups is 1. The maximum atomic E-state index is 13.5. The number of aryl methyl sites for hydroxylation is 2. The van der Waals surface area contributed by atoms with Crippen molar-refractivity contribution in [3.63, 3.8) is 0 Å². The van der Waals surface area contributed by atoms with Crippen molar-refractivity contribution < 1.29 is 18.4 Å². The zero-order valence-electron chi connectivity index (χ0n) is 21.4. The van der Waals surface area contributed by atoms with E-state index in [-0.39, 0.29) is 11.8 Å². The first kappa shape index (κ1) is 23.3. The Morgan fingerprint density at radius 2 is 1.14 bits per heavy atom. The van der Waals surface area contributed by atoms with E-state index in [4.69, 9.17) is 8.83 Å². The molecule has 0 saturated heterocycles. The molecule has 5 nitrogen and oxygen atoms in total. The van der Waals surface area contributed by atoms with Gasteiger partial charge in [-0.25, -0.2) is 0 Å². The fourth-order valence-corrected chi connectivity index (χ4v) is 5.66. The average Bonchev–Trinajstić information content (AvgIpc) is 3.49. The van der Waals surface area contributed by atoms with Crippen molar-refractivity contribution in [2.45, 2.75) is 46.5 Å². The van der Waals surface area contributed by atoms with Crippen LogP contribution in [0, 0.1) is 13.8 Å². The first-order chi connectivity index (χ1) is 18.0. The van der Waals surface area contributed by atoms with Crippen molar-refractivity contribution in [2.75, 3.05) is 6.54 Å². The number of furan rings is 2. The molecule has 1 aliphatic rings. The summed E-state index contributed by atoms with van der Waals surface area (Å²) in [5.74, 6) is 1.09. The van der Waals surface area contributed by atoms with Crippen LogP contribution in [0.3, 0.4) is 0 Å². The second-order valence-corrected chi connectivity index (χ2v) is 9.82. The molecule has 0 N–H and O–H groups in total. The molecule has 3 aromatic carbocycles. The fraction of sp³-hybridized carbons (Fsp3) is 0.250. The Kier molecular flexibility index (Phi) is 5.71. The normalized spacial score (nSPS) is 13.3. The van der Waals surface area contributed by atoms with Crippen molar-refractivity contribution in [1.82, 2.24) is 4.90 Å². The third kappa shape index (κ3) is 3.69. The minimum Gasteiger partial charge on any atom is -0.461 e. The highest BCUT2D eigenvalue weighted by Crippen LogP contribution is 2.46. The van der Waals surface area contributed by atoms with Crippen LogP contribution >= 0.6 is 0 Å². The van der Waals surface area contributed by atoms with Gasteiger partial charge in [-0.3, -0.25) is 14.5 Å². The number of hydrogen-bond acceptors (Lipinski definition) is 4. The third-order valence-corrected chi connectivity index (χ3v) is 7.43. The van der Waals surface area contributed by atoms with Gasteiger partial charge in [0.05, 0.1) is 11.1 Å². The Bertz CT molecular complexity index is 1570. The summed E-state index contributed by atoms with van der Waals surface area (Å²) in [5.41, 5.74) is 6.07. The maximum absolute atomic E-state index is 13.5. The molecule has 5 aromatic rings. The molecule has 1 aliphatic heterocycles. The number of amides is 2. The summed E-state index contributed by atoms with van der Waals surface area (Å²) in [5, 5.41) is 1.94. The molecule has 5 heteroatoms. The highest BCUT2D eigenvalue weighted by Gasteiger charge is 2.37. The lowest BCUT2D eigenvalue weighted by Crippen LogP contribution is -2.30. The summed E-state index contributed by atoms with van der Waals surface area (Å²) in [4.78, 5) is 28.4. The molecule has 2 amide bonds. The van der Waals surface area contributed by atoms with E-state index in [0.717, 1.165) is 81.4 Å². The lowest BCUT2D eigenvalue weighted by atomic mass is 9.88. The lowest BCUT2D eigenvalue weighted by molar-refractivity contribution is 0.0651. The zero-order chi connectivity index (χ0) is 25.7. The van der Waals surface area contributed by atoms with E-state index in [0.29, 0.717) is 17.7 Å². The molecule has 37 heavy (non-hydrogen) atoms. The molecule has 0 unspecified atom stereocenters. The molecular formula is C32H29NO4. The third-order valence-electron chi connectivity index (χ3n) is 7.43. The van der Waals surface area contributed by atoms with Gasteiger partial charge in [0.1, 0.15) is 22.7 Å². The Morgan fingerprint density at radius 1 is 0.649 bits per heavy atom. The van der Waals surface area contributed by atoms with Crippen LogP contribution in [0.25, 0.3) is 44.2 Å². The SMILES string of the molecule is CCCCCCN1C(=O)c2cc(-c3c(C)oc4ccccc34)c(-c3c(C)oc4ccccc34)cc2C1=O. The van der Waals surface area contributed by atoms with Crippen LogP contribution in [0.4, 0.5) is 0 Å². The van der Waals surface area contributed by atoms with E-state index < -0.39 is 0 Å². The summed E-state index contributed by atoms with van der Waals surface area (Å²) in [6.07, 6.45) is 4.01. The molecule has 0 bridgehead atoms. The van der Waals surface area contributed by atoms with Crippen LogP contribution in [-0.2, 0) is 0 Å². The van der Waals surface area contributed by atoms with Gasteiger partial charge in [0.2, 0.25) is 0 Å². The van der Waals surface area contributed by atoms with Crippen molar-refractivity contribution in [2.24, 2.45) is 0 Å². The van der Waals surface area contributed by atoms with Crippen molar-refractivity contribution in [3.8, 4) is 22.3 Å². The summed E-state index contributed by atoms with van der Waals surface area (Å²) < 4.78 is 12.2. The maximum Gasteiger partial charge on any atom is 0.261 e. The van der Waals surface area contributed by atoms with E-state index in [1.807, 2.05) is 74.5 Å². The smallest absolute Gasteiger partial charge is 0.261 e. The first-order valence-electron chi connectivity index (χ1n) is 13.0. The van der Waals surface area contributed by atoms with Crippen LogP contribution in [0.5, 0.6) is 0 Å². The second-order valence-electron chi connectivity index (χ2n) is 9.82. The van der Waals surface area contributed by atoms with Gasteiger partial charge in [0.15, 0.2) is 0 Å². The van der Waals surface area contributed by atoms with Crippen LogP contribution in [0.2, 0.25) is 0 Å². The monoisotopic (exact) mass is 491 g/mol. The van der Waals surface area contributed by atoms with E-state index >= 15 is 0 Å². The van der Waals surface area contributed by atoms with Crippen LogP contribution in [0.15, 0.2) is 69.5 Å². The second kappa shape index (κ2) is 9.07. The summed E-state index contributed by atoms with van der Waals surface area (Å²) in [6, 6.07) is 19.6. The summed E-state index contributed by atoms with van der Waals surface area (Å²) in [7, 11) is 0. The number of carbonyl (C=O) groups is 2. The van der Waals surface area contributed by atoms with Gasteiger partial charge in [-0.1, -0.05) is 62.6 Å². The molecule has 186 valence electrons. The van der Waals surface area contributed by atoms with Crippen molar-refractivity contribution >= 4 is 33.8 Å². The fourth-order valence-electron chi connectivity index (χ4n) is 5.66. The van der Waals surface area contributed by atoms with Gasteiger partial charge < -0.3 is 8.83 Å². The number of nitrogens with zero attached hydrogens (tertiary/aromatic N) is 1. The Morgan fingerprint density at radius 3 is 1.62 bits per heavy atom. The number of unbranched alkanes of at least 4 members (excludes halogenated alkanes) is 3. The average molecular weight is 492 g/mol. The minimum absolute atomic E-state index is 0.219. The van der Waals surface area contributed by atoms with E-state index in [2.05, 4.69) is 6.92 Å². The van der Waals surface area contributed by atoms with Crippen LogP contribution in [0.1, 0.15) is 64.8 Å². The summed E-state index contributed by atoms with van der Waals surface area (Å²) >= 11 is 0. The number of benzene rings is 3. The Hall–Kier alpha value is -4.12. The number of fused-ring (bicyclic) bond motifs is 3. The number of hydrogen-bond donors (Lipinski definition) is 0. The standard InChI is InChI=1S/C32H29NO4/c1-4-5-6-11-16-33-31(34)25-17-23(29-19(2)36-27-14-9-7-12-21(27)29)24(18-26(25)32(33)35)30-20(3)37-28-15-10-8-13-22(28)30/h7-10,12-15,17-18H,4-6,11,16H2,1-3H3. The highest BCUT2D eigenvalue weighted by molar-refractivity contribution is 6.23. The highest BCUT2D eigenvalue weighted by atomic mass is 16.3. The Labute approximate surface area is 215 Å². The van der Waals surface area contributed by atoms with Crippen molar-refractivity contribution in [1.29, 1.82) is 0 Å². The van der Waals surface area contributed by atoms with E-state index in [1.165, 1.54) is 4.90 Å². The van der Waals surface area contributed by atoms with Crippen molar-refractivity contribution in [3.05, 3.63) is 83.3 Å². The van der Waals surface area contributed by atoms with Gasteiger partial charge in [0.25, 0.3) is 11.8 Å². The quantitative estimate of drug-likeness (QED) is 0.170. The van der Waals surface area contributed by atoms with Gasteiger partial charge in [-0.15, -0.1) is 0 Å². The number of rotatable bonds is 7. The molecule has 0 atom stereocenters. The molecule has 0 aliphatic carbocycles. The molecule has 2 aromatic heterocycles. The lowest BCUT2D eigenvalue weighted by Gasteiger charge is -2.13. The van der Waals surface area contributed by atoms with Gasteiger partial charge >= 0.3 is 0 Å². The predicted octanol–water partition coefficient (Wildman–Crippen LogP) is 8.31. The van der Waals surface area contributed by atoms with Gasteiger partial charge in [-0.2, -0.15) is 0 Å². The largest absolute Gasteiger partial charge is 0.461 e.